The second-order valence-corrected chi connectivity index (χ2v) is 6.94. The lowest BCUT2D eigenvalue weighted by atomic mass is 10.1. The third kappa shape index (κ3) is 8.69. The van der Waals surface area contributed by atoms with Crippen LogP contribution in [0.2, 0.25) is 0 Å². The van der Waals surface area contributed by atoms with Gasteiger partial charge in [-0.15, -0.1) is 0 Å². The van der Waals surface area contributed by atoms with Crippen molar-refractivity contribution >= 4 is 28.8 Å². The minimum Gasteiger partial charge on any atom is -0.456 e. The Bertz CT molecular complexity index is 402. The summed E-state index contributed by atoms with van der Waals surface area (Å²) in [5.74, 6) is -4.75. The van der Waals surface area contributed by atoms with Gasteiger partial charge in [-0.3, -0.25) is 9.59 Å². The highest BCUT2D eigenvalue weighted by molar-refractivity contribution is 8.13. The molecule has 0 fully saturated rings. The Hall–Kier alpha value is -1.12. The van der Waals surface area contributed by atoms with Gasteiger partial charge in [-0.2, -0.15) is 0 Å². The predicted molar refractivity (Wildman–Crippen MR) is 78.3 cm³/mol. The molecule has 0 rings (SSSR count). The van der Waals surface area contributed by atoms with E-state index in [2.05, 4.69) is 5.32 Å². The van der Waals surface area contributed by atoms with Gasteiger partial charge < -0.3 is 20.3 Å². The summed E-state index contributed by atoms with van der Waals surface area (Å²) in [6, 6.07) is 0. The Morgan fingerprint density at radius 3 is 2.19 bits per heavy atom. The fourth-order valence-electron chi connectivity index (χ4n) is 1.13. The summed E-state index contributed by atoms with van der Waals surface area (Å²) in [4.78, 5) is 34.1. The zero-order valence-corrected chi connectivity index (χ0v) is 13.7. The van der Waals surface area contributed by atoms with E-state index < -0.39 is 35.7 Å². The molecule has 0 bridgehead atoms. The Balaban J connectivity index is 4.38. The van der Waals surface area contributed by atoms with Crippen LogP contribution in [-0.2, 0) is 19.1 Å². The number of hydrogen-bond donors (Lipinski definition) is 3. The maximum Gasteiger partial charge on any atom is 0.368 e. The van der Waals surface area contributed by atoms with Crippen molar-refractivity contribution in [2.45, 2.75) is 46.0 Å². The van der Waals surface area contributed by atoms with Crippen molar-refractivity contribution in [1.82, 2.24) is 5.32 Å². The highest BCUT2D eigenvalue weighted by Crippen LogP contribution is 2.13. The van der Waals surface area contributed by atoms with E-state index >= 15 is 0 Å². The largest absolute Gasteiger partial charge is 0.456 e. The summed E-state index contributed by atoms with van der Waals surface area (Å²) in [5, 5.41) is 21.3. The first kappa shape index (κ1) is 19.9. The Morgan fingerprint density at radius 2 is 1.76 bits per heavy atom. The number of nitrogens with one attached hydrogen (secondary N) is 1. The molecule has 0 saturated heterocycles. The number of rotatable bonds is 6. The van der Waals surface area contributed by atoms with Gasteiger partial charge >= 0.3 is 5.97 Å². The normalized spacial score (nSPS) is 13.5. The van der Waals surface area contributed by atoms with Gasteiger partial charge in [-0.05, 0) is 20.8 Å². The first-order valence-corrected chi connectivity index (χ1v) is 7.43. The molecule has 8 heteroatoms. The van der Waals surface area contributed by atoms with Gasteiger partial charge in [0.05, 0.1) is 6.54 Å². The van der Waals surface area contributed by atoms with Crippen LogP contribution in [0.5, 0.6) is 0 Å². The fourth-order valence-corrected chi connectivity index (χ4v) is 1.77. The van der Waals surface area contributed by atoms with Crippen LogP contribution < -0.4 is 5.32 Å². The number of thioether (sulfide) groups is 1. The summed E-state index contributed by atoms with van der Waals surface area (Å²) in [6.45, 7) is 7.05. The van der Waals surface area contributed by atoms with Crippen molar-refractivity contribution in [1.29, 1.82) is 0 Å². The number of aliphatic hydroxyl groups is 2. The van der Waals surface area contributed by atoms with Crippen LogP contribution in [0.15, 0.2) is 0 Å². The van der Waals surface area contributed by atoms with Crippen molar-refractivity contribution in [3.63, 3.8) is 0 Å². The number of hydrogen-bond acceptors (Lipinski definition) is 7. The van der Waals surface area contributed by atoms with Crippen LogP contribution in [-0.4, -0.2) is 50.9 Å². The minimum atomic E-state index is -2.80. The minimum absolute atomic E-state index is 0.109. The van der Waals surface area contributed by atoms with Crippen molar-refractivity contribution in [2.75, 3.05) is 12.3 Å². The molecule has 1 atom stereocenters. The molecule has 0 radical (unpaired) electrons. The molecule has 0 heterocycles. The SMILES string of the molecule is CC(=O)SC[C@H](C)C(=O)NCC(O)(O)C(=O)OC(C)(C)C. The standard InChI is InChI=1S/C13H23NO6S/c1-8(6-21-9(2)15)10(16)14-7-13(18,19)11(17)20-12(3,4)5/h8,18-19H,6-7H2,1-5H3,(H,14,16)/t8-/m0/s1. The summed E-state index contributed by atoms with van der Waals surface area (Å²) >= 11 is 0.999. The van der Waals surface area contributed by atoms with Crippen LogP contribution >= 0.6 is 11.8 Å². The number of amides is 1. The van der Waals surface area contributed by atoms with Gasteiger partial charge in [-0.1, -0.05) is 18.7 Å². The molecule has 0 saturated carbocycles. The van der Waals surface area contributed by atoms with E-state index in [0.29, 0.717) is 0 Å². The zero-order valence-electron chi connectivity index (χ0n) is 12.9. The molecule has 0 aliphatic rings. The van der Waals surface area contributed by atoms with Crippen LogP contribution in [0.25, 0.3) is 0 Å². The number of ether oxygens (including phenoxy) is 1. The van der Waals surface area contributed by atoms with Crippen LogP contribution in [0, 0.1) is 5.92 Å². The number of carbonyl (C=O) groups is 3. The smallest absolute Gasteiger partial charge is 0.368 e. The van der Waals surface area contributed by atoms with Crippen molar-refractivity contribution < 1.29 is 29.3 Å². The third-order valence-electron chi connectivity index (χ3n) is 2.22. The van der Waals surface area contributed by atoms with Gasteiger partial charge in [0, 0.05) is 18.6 Å². The molecule has 0 aliphatic heterocycles. The molecule has 0 aromatic carbocycles. The first-order valence-electron chi connectivity index (χ1n) is 6.44. The topological polar surface area (TPSA) is 113 Å². The molecule has 0 aliphatic carbocycles. The van der Waals surface area contributed by atoms with Crippen molar-refractivity contribution in [3.8, 4) is 0 Å². The highest BCUT2D eigenvalue weighted by atomic mass is 32.2. The molecule has 7 nitrogen and oxygen atoms in total. The van der Waals surface area contributed by atoms with Crippen LogP contribution in [0.4, 0.5) is 0 Å². The first-order chi connectivity index (χ1) is 9.35. The van der Waals surface area contributed by atoms with E-state index in [1.54, 1.807) is 27.7 Å². The quantitative estimate of drug-likeness (QED) is 0.467. The van der Waals surface area contributed by atoms with Crippen LogP contribution in [0.1, 0.15) is 34.6 Å². The maximum atomic E-state index is 11.7. The lowest BCUT2D eigenvalue weighted by Gasteiger charge is -2.26. The summed E-state index contributed by atoms with van der Waals surface area (Å²) in [7, 11) is 0. The van der Waals surface area contributed by atoms with E-state index in [9.17, 15) is 24.6 Å². The molecule has 0 unspecified atom stereocenters. The predicted octanol–water partition coefficient (Wildman–Crippen LogP) is 0.0410. The average Bonchev–Trinajstić information content (AvgIpc) is 2.30. The Morgan fingerprint density at radius 1 is 1.24 bits per heavy atom. The molecule has 1 amide bonds. The average molecular weight is 321 g/mol. The number of carbonyl (C=O) groups excluding carboxylic acids is 3. The second-order valence-electron chi connectivity index (χ2n) is 5.74. The molecule has 0 spiro atoms. The summed E-state index contributed by atoms with van der Waals surface area (Å²) in [5.41, 5.74) is -0.872. The molecule has 21 heavy (non-hydrogen) atoms. The van der Waals surface area contributed by atoms with Gasteiger partial charge in [-0.25, -0.2) is 4.79 Å². The second kappa shape index (κ2) is 7.77. The zero-order chi connectivity index (χ0) is 16.8. The van der Waals surface area contributed by atoms with Gasteiger partial charge in [0.2, 0.25) is 5.91 Å². The fraction of sp³-hybridized carbons (Fsp3) is 0.769. The van der Waals surface area contributed by atoms with E-state index in [1.165, 1.54) is 6.92 Å². The molecule has 0 aromatic heterocycles. The van der Waals surface area contributed by atoms with E-state index in [0.717, 1.165) is 11.8 Å². The molecule has 0 aromatic rings. The van der Waals surface area contributed by atoms with Gasteiger partial charge in [0.25, 0.3) is 5.79 Å². The Kier molecular flexibility index (Phi) is 7.35. The molecular weight excluding hydrogens is 298 g/mol. The van der Waals surface area contributed by atoms with E-state index in [1.807, 2.05) is 0 Å². The third-order valence-corrected chi connectivity index (χ3v) is 3.29. The van der Waals surface area contributed by atoms with E-state index in [4.69, 9.17) is 4.74 Å². The summed E-state index contributed by atoms with van der Waals surface area (Å²) < 4.78 is 4.84. The molecule has 122 valence electrons. The molecular formula is C13H23NO6S. The van der Waals surface area contributed by atoms with E-state index in [-0.39, 0.29) is 10.9 Å². The molecule has 3 N–H and O–H groups in total. The van der Waals surface area contributed by atoms with Gasteiger partial charge in [0.15, 0.2) is 5.12 Å². The van der Waals surface area contributed by atoms with Crippen molar-refractivity contribution in [3.05, 3.63) is 0 Å². The lowest BCUT2D eigenvalue weighted by Crippen LogP contribution is -2.52. The van der Waals surface area contributed by atoms with Crippen LogP contribution in [0.3, 0.4) is 0 Å². The monoisotopic (exact) mass is 321 g/mol. The number of esters is 1. The van der Waals surface area contributed by atoms with Crippen molar-refractivity contribution in [2.24, 2.45) is 5.92 Å². The highest BCUT2D eigenvalue weighted by Gasteiger charge is 2.38. The lowest BCUT2D eigenvalue weighted by molar-refractivity contribution is -0.217. The Labute approximate surface area is 128 Å². The summed E-state index contributed by atoms with van der Waals surface area (Å²) in [6.07, 6.45) is 0. The maximum absolute atomic E-state index is 11.7. The van der Waals surface area contributed by atoms with Gasteiger partial charge in [0.1, 0.15) is 5.60 Å².